The third-order valence-corrected chi connectivity index (χ3v) is 4.03. The maximum Gasteiger partial charge on any atom is 0.0204 e. The summed E-state index contributed by atoms with van der Waals surface area (Å²) in [5.41, 5.74) is 1.98. The van der Waals surface area contributed by atoms with E-state index in [9.17, 15) is 0 Å². The molecule has 16 heavy (non-hydrogen) atoms. The molecule has 1 aromatic carbocycles. The van der Waals surface area contributed by atoms with Crippen LogP contribution in [0.1, 0.15) is 24.8 Å². The van der Waals surface area contributed by atoms with E-state index in [1.165, 1.54) is 31.4 Å². The second kappa shape index (κ2) is 4.19. The summed E-state index contributed by atoms with van der Waals surface area (Å²) in [6.07, 6.45) is 3.99. The number of benzene rings is 1. The van der Waals surface area contributed by atoms with Crippen LogP contribution in [-0.2, 0) is 5.41 Å². The van der Waals surface area contributed by atoms with Crippen LogP contribution in [0.4, 0.5) is 0 Å². The minimum Gasteiger partial charge on any atom is -0.315 e. The highest BCUT2D eigenvalue weighted by molar-refractivity contribution is 5.31. The van der Waals surface area contributed by atoms with E-state index in [1.807, 2.05) is 0 Å². The van der Waals surface area contributed by atoms with E-state index in [0.717, 1.165) is 13.1 Å². The van der Waals surface area contributed by atoms with E-state index in [1.54, 1.807) is 0 Å². The predicted octanol–water partition coefficient (Wildman–Crippen LogP) is 1.67. The molecule has 2 nitrogen and oxygen atoms in total. The van der Waals surface area contributed by atoms with Crippen molar-refractivity contribution in [3.8, 4) is 0 Å². The summed E-state index contributed by atoms with van der Waals surface area (Å²) >= 11 is 0. The Labute approximate surface area is 97.4 Å². The molecule has 1 aliphatic carbocycles. The Morgan fingerprint density at radius 2 is 2.06 bits per heavy atom. The molecule has 0 spiro atoms. The van der Waals surface area contributed by atoms with Gasteiger partial charge in [-0.1, -0.05) is 30.3 Å². The van der Waals surface area contributed by atoms with Gasteiger partial charge in [0.05, 0.1) is 0 Å². The van der Waals surface area contributed by atoms with Crippen LogP contribution in [0.25, 0.3) is 0 Å². The monoisotopic (exact) mass is 216 g/mol. The summed E-state index contributed by atoms with van der Waals surface area (Å²) in [5, 5.41) is 7.13. The molecule has 0 amide bonds. The molecule has 2 fully saturated rings. The topological polar surface area (TPSA) is 24.1 Å². The van der Waals surface area contributed by atoms with Gasteiger partial charge in [-0.05, 0) is 31.4 Å². The molecule has 3 rings (SSSR count). The molecule has 2 aliphatic rings. The lowest BCUT2D eigenvalue weighted by molar-refractivity contribution is 0.495. The van der Waals surface area contributed by atoms with Crippen LogP contribution in [-0.4, -0.2) is 25.7 Å². The van der Waals surface area contributed by atoms with E-state index < -0.39 is 0 Å². The van der Waals surface area contributed by atoms with Crippen LogP contribution in [0.15, 0.2) is 30.3 Å². The Hall–Kier alpha value is -0.860. The normalized spacial score (nSPS) is 26.9. The summed E-state index contributed by atoms with van der Waals surface area (Å²) in [4.78, 5) is 0. The number of nitrogens with one attached hydrogen (secondary N) is 2. The maximum atomic E-state index is 3.72. The van der Waals surface area contributed by atoms with Crippen LogP contribution >= 0.6 is 0 Å². The average molecular weight is 216 g/mol. The average Bonchev–Trinajstić information content (AvgIpc) is 2.96. The Morgan fingerprint density at radius 1 is 1.25 bits per heavy atom. The Kier molecular flexibility index (Phi) is 2.70. The third kappa shape index (κ3) is 2.00. The minimum atomic E-state index is 0.462. The first-order valence-corrected chi connectivity index (χ1v) is 6.39. The number of rotatable bonds is 4. The van der Waals surface area contributed by atoms with Crippen LogP contribution in [0.2, 0.25) is 0 Å². The molecule has 0 aromatic heterocycles. The molecule has 1 aromatic rings. The molecular formula is C14H20N2. The fourth-order valence-electron chi connectivity index (χ4n) is 2.68. The van der Waals surface area contributed by atoms with E-state index in [4.69, 9.17) is 0 Å². The maximum absolute atomic E-state index is 3.72. The van der Waals surface area contributed by atoms with Crippen molar-refractivity contribution in [2.45, 2.75) is 30.7 Å². The summed E-state index contributed by atoms with van der Waals surface area (Å²) in [6, 6.07) is 11.7. The van der Waals surface area contributed by atoms with Gasteiger partial charge in [0.1, 0.15) is 0 Å². The summed E-state index contributed by atoms with van der Waals surface area (Å²) < 4.78 is 0. The highest BCUT2D eigenvalue weighted by Crippen LogP contribution is 2.47. The lowest BCUT2D eigenvalue weighted by Gasteiger charge is -2.19. The van der Waals surface area contributed by atoms with Gasteiger partial charge in [0, 0.05) is 24.5 Å². The molecule has 2 N–H and O–H groups in total. The van der Waals surface area contributed by atoms with Crippen molar-refractivity contribution in [1.82, 2.24) is 10.6 Å². The van der Waals surface area contributed by atoms with Gasteiger partial charge in [-0.2, -0.15) is 0 Å². The molecule has 0 radical (unpaired) electrons. The van der Waals surface area contributed by atoms with Crippen molar-refractivity contribution in [2.75, 3.05) is 19.6 Å². The molecule has 1 heterocycles. The molecule has 1 saturated carbocycles. The van der Waals surface area contributed by atoms with Crippen LogP contribution in [0, 0.1) is 0 Å². The van der Waals surface area contributed by atoms with Gasteiger partial charge in [-0.15, -0.1) is 0 Å². The van der Waals surface area contributed by atoms with Crippen LogP contribution in [0.3, 0.4) is 0 Å². The predicted molar refractivity (Wildman–Crippen MR) is 66.6 cm³/mol. The van der Waals surface area contributed by atoms with Crippen molar-refractivity contribution in [2.24, 2.45) is 0 Å². The first-order valence-electron chi connectivity index (χ1n) is 6.39. The van der Waals surface area contributed by atoms with Gasteiger partial charge in [0.25, 0.3) is 0 Å². The summed E-state index contributed by atoms with van der Waals surface area (Å²) in [6.45, 7) is 3.48. The highest BCUT2D eigenvalue weighted by Gasteiger charge is 2.44. The fraction of sp³-hybridized carbons (Fsp3) is 0.571. The first kappa shape index (κ1) is 10.3. The standard InChI is InChI=1S/C14H20N2/c1-2-4-12(5-3-1)14(7-8-14)11-16-13-6-9-15-10-13/h1-5,13,15-16H,6-11H2. The van der Waals surface area contributed by atoms with Crippen molar-refractivity contribution >= 4 is 0 Å². The Balaban J connectivity index is 1.61. The van der Waals surface area contributed by atoms with Gasteiger partial charge in [-0.25, -0.2) is 0 Å². The Morgan fingerprint density at radius 3 is 2.69 bits per heavy atom. The van der Waals surface area contributed by atoms with Crippen LogP contribution in [0.5, 0.6) is 0 Å². The van der Waals surface area contributed by atoms with Crippen molar-refractivity contribution in [1.29, 1.82) is 0 Å². The molecule has 1 unspecified atom stereocenters. The zero-order chi connectivity index (χ0) is 10.8. The first-order chi connectivity index (χ1) is 7.89. The van der Waals surface area contributed by atoms with E-state index in [-0.39, 0.29) is 0 Å². The molecular weight excluding hydrogens is 196 g/mol. The molecule has 1 saturated heterocycles. The van der Waals surface area contributed by atoms with Gasteiger partial charge in [-0.3, -0.25) is 0 Å². The second-order valence-electron chi connectivity index (χ2n) is 5.22. The quantitative estimate of drug-likeness (QED) is 0.800. The van der Waals surface area contributed by atoms with E-state index >= 15 is 0 Å². The van der Waals surface area contributed by atoms with E-state index in [0.29, 0.717) is 11.5 Å². The zero-order valence-corrected chi connectivity index (χ0v) is 9.71. The van der Waals surface area contributed by atoms with E-state index in [2.05, 4.69) is 41.0 Å². The SMILES string of the molecule is c1ccc(C2(CNC3CCNC3)CC2)cc1. The summed E-state index contributed by atoms with van der Waals surface area (Å²) in [7, 11) is 0. The Bertz CT molecular complexity index is 337. The lowest BCUT2D eigenvalue weighted by Crippen LogP contribution is -2.36. The molecule has 86 valence electrons. The van der Waals surface area contributed by atoms with Crippen molar-refractivity contribution in [3.05, 3.63) is 35.9 Å². The smallest absolute Gasteiger partial charge is 0.0204 e. The molecule has 1 atom stereocenters. The van der Waals surface area contributed by atoms with Gasteiger partial charge >= 0.3 is 0 Å². The molecule has 1 aliphatic heterocycles. The molecule has 0 bridgehead atoms. The fourth-order valence-corrected chi connectivity index (χ4v) is 2.68. The van der Waals surface area contributed by atoms with Crippen molar-refractivity contribution < 1.29 is 0 Å². The number of hydrogen-bond donors (Lipinski definition) is 2. The van der Waals surface area contributed by atoms with Gasteiger partial charge < -0.3 is 10.6 Å². The van der Waals surface area contributed by atoms with Gasteiger partial charge in [0.15, 0.2) is 0 Å². The highest BCUT2D eigenvalue weighted by atomic mass is 15.0. The third-order valence-electron chi connectivity index (χ3n) is 4.03. The molecule has 2 heteroatoms. The lowest BCUT2D eigenvalue weighted by atomic mass is 9.95. The zero-order valence-electron chi connectivity index (χ0n) is 9.71. The second-order valence-corrected chi connectivity index (χ2v) is 5.22. The largest absolute Gasteiger partial charge is 0.315 e. The van der Waals surface area contributed by atoms with Gasteiger partial charge in [0.2, 0.25) is 0 Å². The van der Waals surface area contributed by atoms with Crippen molar-refractivity contribution in [3.63, 3.8) is 0 Å². The number of hydrogen-bond acceptors (Lipinski definition) is 2. The van der Waals surface area contributed by atoms with Crippen LogP contribution < -0.4 is 10.6 Å². The minimum absolute atomic E-state index is 0.462. The summed E-state index contributed by atoms with van der Waals surface area (Å²) in [5.74, 6) is 0.